The van der Waals surface area contributed by atoms with Crippen molar-refractivity contribution in [2.45, 2.75) is 42.8 Å². The molecule has 0 radical (unpaired) electrons. The lowest BCUT2D eigenvalue weighted by atomic mass is 10.1. The first-order valence-electron chi connectivity index (χ1n) is 11.7. The Morgan fingerprint density at radius 1 is 1.19 bits per heavy atom. The molecule has 2 atom stereocenters. The van der Waals surface area contributed by atoms with Crippen LogP contribution in [0.4, 0.5) is 15.2 Å². The van der Waals surface area contributed by atoms with E-state index in [1.165, 1.54) is 26.5 Å². The molecule has 2 aromatic carbocycles. The summed E-state index contributed by atoms with van der Waals surface area (Å²) in [5, 5.41) is 5.30. The zero-order valence-electron chi connectivity index (χ0n) is 21.1. The van der Waals surface area contributed by atoms with Crippen LogP contribution >= 0.6 is 22.9 Å². The number of benzene rings is 2. The van der Waals surface area contributed by atoms with Crippen molar-refractivity contribution >= 4 is 43.8 Å². The average molecular weight is 569 g/mol. The number of anilines is 2. The summed E-state index contributed by atoms with van der Waals surface area (Å²) in [4.78, 5) is 5.79. The molecule has 0 spiro atoms. The SMILES string of the molecule is COc1ccc(CN(c2nccs2)S(=O)(=O)c2cc(Cl)c(N[C@H]3CCC[C@@H]3N(C)C)cc2F)c(OC)c1. The number of nitrogens with zero attached hydrogens (tertiary/aromatic N) is 3. The quantitative estimate of drug-likeness (QED) is 0.358. The van der Waals surface area contributed by atoms with Gasteiger partial charge in [-0.2, -0.15) is 0 Å². The van der Waals surface area contributed by atoms with Crippen LogP contribution in [0.1, 0.15) is 24.8 Å². The van der Waals surface area contributed by atoms with Gasteiger partial charge in [0.1, 0.15) is 22.2 Å². The summed E-state index contributed by atoms with van der Waals surface area (Å²) in [6, 6.07) is 7.75. The predicted octanol–water partition coefficient (Wildman–Crippen LogP) is 5.24. The van der Waals surface area contributed by atoms with Crippen molar-refractivity contribution in [2.75, 3.05) is 37.9 Å². The van der Waals surface area contributed by atoms with E-state index in [4.69, 9.17) is 21.1 Å². The molecule has 4 rings (SSSR count). The molecule has 1 aliphatic rings. The van der Waals surface area contributed by atoms with Gasteiger partial charge in [-0.15, -0.1) is 11.3 Å². The van der Waals surface area contributed by atoms with Gasteiger partial charge in [0.2, 0.25) is 0 Å². The van der Waals surface area contributed by atoms with E-state index in [1.54, 1.807) is 23.6 Å². The second kappa shape index (κ2) is 11.4. The number of thiazole rings is 1. The third kappa shape index (κ3) is 5.79. The fourth-order valence-corrected chi connectivity index (χ4v) is 7.24. The molecule has 0 saturated heterocycles. The molecule has 1 N–H and O–H groups in total. The van der Waals surface area contributed by atoms with E-state index in [1.807, 2.05) is 14.1 Å². The smallest absolute Gasteiger partial charge is 0.269 e. The Kier molecular flexibility index (Phi) is 8.47. The molecule has 0 unspecified atom stereocenters. The van der Waals surface area contributed by atoms with Crippen LogP contribution in [0, 0.1) is 5.82 Å². The summed E-state index contributed by atoms with van der Waals surface area (Å²) in [5.41, 5.74) is 0.928. The minimum atomic E-state index is -4.39. The van der Waals surface area contributed by atoms with Crippen LogP contribution < -0.4 is 19.1 Å². The van der Waals surface area contributed by atoms with Gasteiger partial charge >= 0.3 is 0 Å². The summed E-state index contributed by atoms with van der Waals surface area (Å²) in [6.07, 6.45) is 4.48. The molecule has 37 heavy (non-hydrogen) atoms. The number of rotatable bonds is 10. The number of likely N-dealkylation sites (N-methyl/N-ethyl adjacent to an activating group) is 1. The van der Waals surface area contributed by atoms with E-state index in [2.05, 4.69) is 15.2 Å². The van der Waals surface area contributed by atoms with Crippen LogP contribution in [0.3, 0.4) is 0 Å². The maximum atomic E-state index is 15.5. The highest BCUT2D eigenvalue weighted by molar-refractivity contribution is 7.93. The predicted molar refractivity (Wildman–Crippen MR) is 145 cm³/mol. The highest BCUT2D eigenvalue weighted by atomic mass is 35.5. The second-order valence-corrected chi connectivity index (χ2v) is 12.1. The second-order valence-electron chi connectivity index (χ2n) is 8.98. The Balaban J connectivity index is 1.69. The molecule has 8 nitrogen and oxygen atoms in total. The molecule has 1 aromatic heterocycles. The number of hydrogen-bond acceptors (Lipinski definition) is 8. The minimum absolute atomic E-state index is 0.0868. The summed E-state index contributed by atoms with van der Waals surface area (Å²) < 4.78 is 54.9. The Bertz CT molecular complexity index is 1340. The Morgan fingerprint density at radius 3 is 2.62 bits per heavy atom. The van der Waals surface area contributed by atoms with E-state index in [0.717, 1.165) is 41.0 Å². The van der Waals surface area contributed by atoms with Gasteiger partial charge < -0.3 is 19.7 Å². The highest BCUT2D eigenvalue weighted by Crippen LogP contribution is 2.36. The molecule has 3 aromatic rings. The van der Waals surface area contributed by atoms with Crippen molar-refractivity contribution < 1.29 is 22.3 Å². The largest absolute Gasteiger partial charge is 0.497 e. The maximum absolute atomic E-state index is 15.5. The van der Waals surface area contributed by atoms with Gasteiger partial charge in [-0.3, -0.25) is 0 Å². The number of sulfonamides is 1. The minimum Gasteiger partial charge on any atom is -0.497 e. The molecule has 0 aliphatic heterocycles. The molecular weight excluding hydrogens is 539 g/mol. The Morgan fingerprint density at radius 2 is 1.97 bits per heavy atom. The molecule has 0 amide bonds. The monoisotopic (exact) mass is 568 g/mol. The van der Waals surface area contributed by atoms with Gasteiger partial charge in [0.25, 0.3) is 10.0 Å². The van der Waals surface area contributed by atoms with Crippen LogP contribution in [0.25, 0.3) is 0 Å². The summed E-state index contributed by atoms with van der Waals surface area (Å²) >= 11 is 7.64. The summed E-state index contributed by atoms with van der Waals surface area (Å²) in [7, 11) is 2.64. The van der Waals surface area contributed by atoms with Crippen LogP contribution in [-0.2, 0) is 16.6 Å². The Labute approximate surface area is 226 Å². The van der Waals surface area contributed by atoms with Crippen molar-refractivity contribution in [1.29, 1.82) is 0 Å². The van der Waals surface area contributed by atoms with Crippen LogP contribution in [0.5, 0.6) is 11.5 Å². The van der Waals surface area contributed by atoms with E-state index in [-0.39, 0.29) is 28.8 Å². The topological polar surface area (TPSA) is 84.0 Å². The molecule has 12 heteroatoms. The number of aromatic nitrogens is 1. The first-order chi connectivity index (χ1) is 17.6. The lowest BCUT2D eigenvalue weighted by Crippen LogP contribution is -2.39. The van der Waals surface area contributed by atoms with Crippen LogP contribution in [0.2, 0.25) is 5.02 Å². The number of methoxy groups -OCH3 is 2. The zero-order valence-corrected chi connectivity index (χ0v) is 23.5. The van der Waals surface area contributed by atoms with E-state index in [9.17, 15) is 8.42 Å². The fourth-order valence-electron chi connectivity index (χ4n) is 4.61. The zero-order chi connectivity index (χ0) is 26.7. The number of ether oxygens (including phenoxy) is 2. The van der Waals surface area contributed by atoms with Gasteiger partial charge in [-0.1, -0.05) is 11.6 Å². The third-order valence-corrected chi connectivity index (χ3v) is 9.49. The molecule has 1 heterocycles. The van der Waals surface area contributed by atoms with E-state index >= 15 is 4.39 Å². The van der Waals surface area contributed by atoms with Crippen molar-refractivity contribution in [3.63, 3.8) is 0 Å². The standard InChI is InChI=1S/C25H30ClFN4O4S2/c1-30(2)22-7-5-6-20(22)29-21-14-19(27)24(13-18(21)26)37(32,33)31(25-28-10-11-36-25)15-16-8-9-17(34-3)12-23(16)35-4/h8-14,20,22,29H,5-7,15H2,1-4H3/t20-,22-/m0/s1. The third-order valence-electron chi connectivity index (χ3n) is 6.51. The van der Waals surface area contributed by atoms with Gasteiger partial charge in [-0.05, 0) is 57.6 Å². The van der Waals surface area contributed by atoms with Crippen molar-refractivity contribution in [3.05, 3.63) is 58.3 Å². The molecule has 1 aliphatic carbocycles. The van der Waals surface area contributed by atoms with Crippen molar-refractivity contribution in [2.24, 2.45) is 0 Å². The fraction of sp³-hybridized carbons (Fsp3) is 0.400. The number of nitrogens with one attached hydrogen (secondary N) is 1. The van der Waals surface area contributed by atoms with E-state index < -0.39 is 20.7 Å². The van der Waals surface area contributed by atoms with Crippen LogP contribution in [-0.4, -0.2) is 58.7 Å². The molecule has 1 fully saturated rings. The van der Waals surface area contributed by atoms with Gasteiger partial charge in [0.15, 0.2) is 5.13 Å². The highest BCUT2D eigenvalue weighted by Gasteiger charge is 2.33. The molecular formula is C25H30ClFN4O4S2. The number of halogens is 2. The maximum Gasteiger partial charge on any atom is 0.269 e. The first kappa shape index (κ1) is 27.4. The molecule has 200 valence electrons. The van der Waals surface area contributed by atoms with Gasteiger partial charge in [0, 0.05) is 35.3 Å². The molecule has 1 saturated carbocycles. The average Bonchev–Trinajstić information content (AvgIpc) is 3.56. The first-order valence-corrected chi connectivity index (χ1v) is 14.4. The lowest BCUT2D eigenvalue weighted by Gasteiger charge is -2.28. The Hall–Kier alpha value is -2.60. The lowest BCUT2D eigenvalue weighted by molar-refractivity contribution is 0.285. The summed E-state index contributed by atoms with van der Waals surface area (Å²) in [6.45, 7) is -0.132. The summed E-state index contributed by atoms with van der Waals surface area (Å²) in [5.74, 6) is 0.0969. The van der Waals surface area contributed by atoms with E-state index in [0.29, 0.717) is 22.7 Å². The van der Waals surface area contributed by atoms with Crippen LogP contribution in [0.15, 0.2) is 46.8 Å². The van der Waals surface area contributed by atoms with Crippen molar-refractivity contribution in [3.8, 4) is 11.5 Å². The molecule has 0 bridgehead atoms. The number of hydrogen-bond donors (Lipinski definition) is 1. The van der Waals surface area contributed by atoms with Gasteiger partial charge in [-0.25, -0.2) is 22.1 Å². The normalized spacial score (nSPS) is 17.7. The van der Waals surface area contributed by atoms with Gasteiger partial charge in [0.05, 0.1) is 31.5 Å². The van der Waals surface area contributed by atoms with Crippen molar-refractivity contribution in [1.82, 2.24) is 9.88 Å².